The molecule has 2 fully saturated rings. The second kappa shape index (κ2) is 2.18. The Morgan fingerprint density at radius 1 is 1.36 bits per heavy atom. The summed E-state index contributed by atoms with van der Waals surface area (Å²) in [5.41, 5.74) is 0. The molecule has 0 aliphatic carbocycles. The predicted octanol–water partition coefficient (Wildman–Crippen LogP) is -0.405. The highest BCUT2D eigenvalue weighted by molar-refractivity contribution is 7.89. The number of sulfonamides is 1. The maximum atomic E-state index is 10.9. The summed E-state index contributed by atoms with van der Waals surface area (Å²) in [6, 6.07) is 0. The van der Waals surface area contributed by atoms with E-state index in [2.05, 4.69) is 0 Å². The van der Waals surface area contributed by atoms with Crippen molar-refractivity contribution in [2.24, 2.45) is 5.14 Å². The van der Waals surface area contributed by atoms with Gasteiger partial charge in [0.2, 0.25) is 10.0 Å². The van der Waals surface area contributed by atoms with E-state index in [1.807, 2.05) is 0 Å². The average molecular weight is 177 g/mol. The molecular formula is C6H11NO3S. The van der Waals surface area contributed by atoms with Crippen molar-refractivity contribution in [3.8, 4) is 0 Å². The van der Waals surface area contributed by atoms with Crippen LogP contribution in [0.25, 0.3) is 0 Å². The van der Waals surface area contributed by atoms with E-state index in [0.717, 1.165) is 12.8 Å². The van der Waals surface area contributed by atoms with Crippen molar-refractivity contribution in [3.63, 3.8) is 0 Å². The van der Waals surface area contributed by atoms with Crippen molar-refractivity contribution in [1.29, 1.82) is 0 Å². The van der Waals surface area contributed by atoms with Gasteiger partial charge in [0.05, 0.1) is 12.2 Å². The van der Waals surface area contributed by atoms with Gasteiger partial charge in [0.1, 0.15) is 5.25 Å². The Balaban J connectivity index is 2.21. The summed E-state index contributed by atoms with van der Waals surface area (Å²) in [6.07, 6.45) is 2.49. The highest BCUT2D eigenvalue weighted by Crippen LogP contribution is 2.36. The van der Waals surface area contributed by atoms with Crippen LogP contribution < -0.4 is 5.14 Å². The lowest BCUT2D eigenvalue weighted by Gasteiger charge is -2.15. The summed E-state index contributed by atoms with van der Waals surface area (Å²) in [6.45, 7) is 0. The van der Waals surface area contributed by atoms with Crippen LogP contribution in [0.1, 0.15) is 19.3 Å². The first-order chi connectivity index (χ1) is 5.07. The van der Waals surface area contributed by atoms with Crippen LogP contribution in [-0.2, 0) is 14.8 Å². The Hall–Kier alpha value is -0.130. The predicted molar refractivity (Wildman–Crippen MR) is 39.4 cm³/mol. The molecular weight excluding hydrogens is 166 g/mol. The molecule has 0 unspecified atom stereocenters. The molecule has 4 nitrogen and oxygen atoms in total. The normalized spacial score (nSPS) is 43.2. The molecule has 11 heavy (non-hydrogen) atoms. The Morgan fingerprint density at radius 3 is 2.36 bits per heavy atom. The van der Waals surface area contributed by atoms with Gasteiger partial charge in [-0.1, -0.05) is 0 Å². The van der Waals surface area contributed by atoms with E-state index < -0.39 is 15.3 Å². The highest BCUT2D eigenvalue weighted by Gasteiger charge is 2.46. The van der Waals surface area contributed by atoms with Crippen molar-refractivity contribution < 1.29 is 13.2 Å². The summed E-state index contributed by atoms with van der Waals surface area (Å²) in [5.74, 6) is 0. The molecule has 2 saturated heterocycles. The van der Waals surface area contributed by atoms with E-state index in [4.69, 9.17) is 9.88 Å². The van der Waals surface area contributed by atoms with E-state index in [0.29, 0.717) is 6.42 Å². The molecule has 3 atom stereocenters. The van der Waals surface area contributed by atoms with Crippen molar-refractivity contribution in [3.05, 3.63) is 0 Å². The number of ether oxygens (including phenoxy) is 1. The van der Waals surface area contributed by atoms with Gasteiger partial charge in [0.25, 0.3) is 0 Å². The Kier molecular flexibility index (Phi) is 1.49. The zero-order valence-electron chi connectivity index (χ0n) is 6.06. The molecule has 0 radical (unpaired) electrons. The topological polar surface area (TPSA) is 69.4 Å². The third kappa shape index (κ3) is 1.17. The first kappa shape index (κ1) is 7.52. The van der Waals surface area contributed by atoms with E-state index in [1.165, 1.54) is 0 Å². The Morgan fingerprint density at radius 2 is 2.09 bits per heavy atom. The maximum Gasteiger partial charge on any atom is 0.214 e. The van der Waals surface area contributed by atoms with Crippen LogP contribution in [0.15, 0.2) is 0 Å². The SMILES string of the molecule is NS(=O)(=O)[C@@H]1C[C@@H]2CC[C@H]1O2. The van der Waals surface area contributed by atoms with Crippen molar-refractivity contribution in [2.45, 2.75) is 36.7 Å². The summed E-state index contributed by atoms with van der Waals surface area (Å²) in [5, 5.41) is 4.59. The lowest BCUT2D eigenvalue weighted by atomic mass is 10.0. The fraction of sp³-hybridized carbons (Fsp3) is 1.00. The summed E-state index contributed by atoms with van der Waals surface area (Å²) < 4.78 is 27.2. The average Bonchev–Trinajstić information content (AvgIpc) is 2.42. The van der Waals surface area contributed by atoms with Gasteiger partial charge in [-0.2, -0.15) is 0 Å². The number of rotatable bonds is 1. The van der Waals surface area contributed by atoms with Gasteiger partial charge in [0.15, 0.2) is 0 Å². The third-order valence-electron chi connectivity index (χ3n) is 2.47. The van der Waals surface area contributed by atoms with Gasteiger partial charge in [0, 0.05) is 0 Å². The number of hydrogen-bond acceptors (Lipinski definition) is 3. The molecule has 0 saturated carbocycles. The first-order valence-corrected chi connectivity index (χ1v) is 5.35. The lowest BCUT2D eigenvalue weighted by molar-refractivity contribution is 0.105. The zero-order chi connectivity index (χ0) is 8.06. The van der Waals surface area contributed by atoms with E-state index in [1.54, 1.807) is 0 Å². The van der Waals surface area contributed by atoms with Gasteiger partial charge in [-0.25, -0.2) is 13.6 Å². The molecule has 5 heteroatoms. The molecule has 2 bridgehead atoms. The zero-order valence-corrected chi connectivity index (χ0v) is 6.88. The van der Waals surface area contributed by atoms with Gasteiger partial charge >= 0.3 is 0 Å². The molecule has 2 aliphatic heterocycles. The number of fused-ring (bicyclic) bond motifs is 2. The monoisotopic (exact) mass is 177 g/mol. The molecule has 2 rings (SSSR count). The van der Waals surface area contributed by atoms with Gasteiger partial charge < -0.3 is 4.74 Å². The van der Waals surface area contributed by atoms with Crippen LogP contribution in [0.3, 0.4) is 0 Å². The van der Waals surface area contributed by atoms with Crippen LogP contribution in [-0.4, -0.2) is 25.9 Å². The molecule has 0 aromatic rings. The van der Waals surface area contributed by atoms with Gasteiger partial charge in [-0.15, -0.1) is 0 Å². The van der Waals surface area contributed by atoms with Gasteiger partial charge in [-0.05, 0) is 19.3 Å². The number of hydrogen-bond donors (Lipinski definition) is 1. The summed E-state index contributed by atoms with van der Waals surface area (Å²) in [4.78, 5) is 0. The number of primary sulfonamides is 1. The summed E-state index contributed by atoms with van der Waals surface area (Å²) in [7, 11) is -3.36. The highest BCUT2D eigenvalue weighted by atomic mass is 32.2. The molecule has 64 valence electrons. The molecule has 0 aromatic carbocycles. The fourth-order valence-electron chi connectivity index (χ4n) is 1.94. The van der Waals surface area contributed by atoms with Crippen molar-refractivity contribution in [1.82, 2.24) is 0 Å². The third-order valence-corrected chi connectivity index (χ3v) is 3.81. The molecule has 0 amide bonds. The fourth-order valence-corrected chi connectivity index (χ4v) is 3.04. The second-order valence-corrected chi connectivity index (χ2v) is 5.02. The number of nitrogens with two attached hydrogens (primary N) is 1. The quantitative estimate of drug-likeness (QED) is 0.592. The van der Waals surface area contributed by atoms with E-state index in [-0.39, 0.29) is 12.2 Å². The first-order valence-electron chi connectivity index (χ1n) is 3.74. The van der Waals surface area contributed by atoms with Crippen LogP contribution >= 0.6 is 0 Å². The van der Waals surface area contributed by atoms with Crippen LogP contribution in [0, 0.1) is 0 Å². The molecule has 0 spiro atoms. The van der Waals surface area contributed by atoms with E-state index >= 15 is 0 Å². The van der Waals surface area contributed by atoms with Crippen molar-refractivity contribution in [2.75, 3.05) is 0 Å². The van der Waals surface area contributed by atoms with Crippen LogP contribution in [0.5, 0.6) is 0 Å². The van der Waals surface area contributed by atoms with Crippen LogP contribution in [0.2, 0.25) is 0 Å². The standard InChI is InChI=1S/C6H11NO3S/c7-11(8,9)6-3-4-1-2-5(6)10-4/h4-6H,1-3H2,(H2,7,8,9)/t4-,5+,6+/m0/s1. The molecule has 2 heterocycles. The minimum atomic E-state index is -3.36. The maximum absolute atomic E-state index is 10.9. The minimum Gasteiger partial charge on any atom is -0.374 e. The molecule has 0 aromatic heterocycles. The smallest absolute Gasteiger partial charge is 0.214 e. The Labute approximate surface area is 65.8 Å². The van der Waals surface area contributed by atoms with Gasteiger partial charge in [-0.3, -0.25) is 0 Å². The van der Waals surface area contributed by atoms with Crippen LogP contribution in [0.4, 0.5) is 0 Å². The van der Waals surface area contributed by atoms with Crippen molar-refractivity contribution >= 4 is 10.0 Å². The molecule has 2 N–H and O–H groups in total. The lowest BCUT2D eigenvalue weighted by Crippen LogP contribution is -2.36. The molecule has 2 aliphatic rings. The summed E-state index contributed by atoms with van der Waals surface area (Å²) >= 11 is 0. The van der Waals surface area contributed by atoms with E-state index in [9.17, 15) is 8.42 Å². The minimum absolute atomic E-state index is 0.116. The Bertz CT molecular complexity index is 261. The second-order valence-electron chi connectivity index (χ2n) is 3.24. The largest absolute Gasteiger partial charge is 0.374 e.